The van der Waals surface area contributed by atoms with E-state index in [4.69, 9.17) is 14.2 Å². The van der Waals surface area contributed by atoms with Crippen LogP contribution in [0.5, 0.6) is 5.75 Å². The lowest BCUT2D eigenvalue weighted by atomic mass is 10.1. The van der Waals surface area contributed by atoms with Gasteiger partial charge in [-0.05, 0) is 42.7 Å². The summed E-state index contributed by atoms with van der Waals surface area (Å²) in [5, 5.41) is 25.6. The first-order chi connectivity index (χ1) is 17.7. The van der Waals surface area contributed by atoms with E-state index >= 15 is 0 Å². The zero-order valence-electron chi connectivity index (χ0n) is 20.2. The average Bonchev–Trinajstić information content (AvgIpc) is 3.32. The van der Waals surface area contributed by atoms with Crippen molar-refractivity contribution in [3.8, 4) is 5.75 Å². The summed E-state index contributed by atoms with van der Waals surface area (Å²) in [6.45, 7) is 3.11. The van der Waals surface area contributed by atoms with E-state index < -0.39 is 6.23 Å². The summed E-state index contributed by atoms with van der Waals surface area (Å²) in [7, 11) is 0. The number of nitrogens with one attached hydrogen (secondary N) is 3. The van der Waals surface area contributed by atoms with Gasteiger partial charge in [0.25, 0.3) is 0 Å². The smallest absolute Gasteiger partial charge is 0.157 e. The summed E-state index contributed by atoms with van der Waals surface area (Å²) in [4.78, 5) is 0. The van der Waals surface area contributed by atoms with Crippen LogP contribution in [0.2, 0.25) is 0 Å². The van der Waals surface area contributed by atoms with Crippen LogP contribution in [0.25, 0.3) is 10.9 Å². The number of anilines is 2. The second kappa shape index (κ2) is 11.9. The number of fused-ring (bicyclic) bond motifs is 1. The van der Waals surface area contributed by atoms with Crippen LogP contribution in [0, 0.1) is 0 Å². The summed E-state index contributed by atoms with van der Waals surface area (Å²) >= 11 is 0. The molecule has 2 heterocycles. The van der Waals surface area contributed by atoms with E-state index in [0.29, 0.717) is 31.7 Å². The predicted octanol–water partition coefficient (Wildman–Crippen LogP) is 4.85. The number of benzene rings is 3. The summed E-state index contributed by atoms with van der Waals surface area (Å²) < 4.78 is 16.9. The van der Waals surface area contributed by atoms with Gasteiger partial charge in [-0.25, -0.2) is 0 Å². The van der Waals surface area contributed by atoms with Gasteiger partial charge in [0.1, 0.15) is 12.4 Å². The van der Waals surface area contributed by atoms with Gasteiger partial charge in [-0.15, -0.1) is 0 Å². The average molecular weight is 489 g/mol. The molecule has 0 bridgehead atoms. The van der Waals surface area contributed by atoms with Crippen LogP contribution in [0.3, 0.4) is 0 Å². The van der Waals surface area contributed by atoms with Crippen molar-refractivity contribution in [3.63, 3.8) is 0 Å². The van der Waals surface area contributed by atoms with Gasteiger partial charge in [-0.2, -0.15) is 5.10 Å². The molecule has 36 heavy (non-hydrogen) atoms. The maximum atomic E-state index is 10.7. The minimum absolute atomic E-state index is 0.429. The third-order valence-electron chi connectivity index (χ3n) is 6.23. The number of ether oxygens (including phenoxy) is 3. The normalized spacial score (nSPS) is 15.0. The standard InChI is InChI=1S/C28H32N4O4/c33-28(21-6-8-22(9-7-21)29-23-12-14-34-15-13-23)30-27-25-11-10-24(18-26(25)31-32-27)36-17-16-35-19-20-4-2-1-3-5-20/h1-11,18,23,28-29,33H,12-17,19H2,(H2,30,31,32). The molecule has 188 valence electrons. The fraction of sp³-hybridized carbons (Fsp3) is 0.321. The predicted molar refractivity (Wildman–Crippen MR) is 140 cm³/mol. The monoisotopic (exact) mass is 488 g/mol. The quantitative estimate of drug-likeness (QED) is 0.177. The molecule has 3 aromatic carbocycles. The third-order valence-corrected chi connectivity index (χ3v) is 6.23. The molecule has 1 aliphatic heterocycles. The summed E-state index contributed by atoms with van der Waals surface area (Å²) in [6.07, 6.45) is 1.13. The van der Waals surface area contributed by atoms with E-state index in [-0.39, 0.29) is 0 Å². The van der Waals surface area contributed by atoms with Crippen LogP contribution in [0.4, 0.5) is 11.5 Å². The molecule has 1 saturated heterocycles. The highest BCUT2D eigenvalue weighted by atomic mass is 16.5. The van der Waals surface area contributed by atoms with Crippen molar-refractivity contribution in [2.45, 2.75) is 31.7 Å². The molecule has 1 aromatic heterocycles. The zero-order chi connectivity index (χ0) is 24.6. The van der Waals surface area contributed by atoms with Crippen molar-refractivity contribution in [2.24, 2.45) is 0 Å². The summed E-state index contributed by atoms with van der Waals surface area (Å²) in [6, 6.07) is 24.0. The topological polar surface area (TPSA) is 101 Å². The molecule has 8 nitrogen and oxygen atoms in total. The first-order valence-electron chi connectivity index (χ1n) is 12.4. The van der Waals surface area contributed by atoms with Gasteiger partial charge in [0, 0.05) is 42.0 Å². The fourth-order valence-corrected chi connectivity index (χ4v) is 4.23. The Balaban J connectivity index is 1.11. The molecular weight excluding hydrogens is 456 g/mol. The van der Waals surface area contributed by atoms with Crippen LogP contribution in [-0.2, 0) is 16.1 Å². The van der Waals surface area contributed by atoms with Crippen LogP contribution in [-0.4, -0.2) is 47.8 Å². The molecule has 4 N–H and O–H groups in total. The number of rotatable bonds is 11. The highest BCUT2D eigenvalue weighted by Gasteiger charge is 2.15. The minimum Gasteiger partial charge on any atom is -0.491 e. The molecule has 0 saturated carbocycles. The maximum Gasteiger partial charge on any atom is 0.157 e. The lowest BCUT2D eigenvalue weighted by molar-refractivity contribution is 0.0889. The second-order valence-corrected chi connectivity index (χ2v) is 8.87. The van der Waals surface area contributed by atoms with E-state index in [1.165, 1.54) is 0 Å². The van der Waals surface area contributed by atoms with Gasteiger partial charge in [-0.1, -0.05) is 42.5 Å². The van der Waals surface area contributed by atoms with Crippen molar-refractivity contribution >= 4 is 22.4 Å². The Kier molecular flexibility index (Phi) is 7.97. The van der Waals surface area contributed by atoms with Crippen molar-refractivity contribution in [1.29, 1.82) is 0 Å². The Labute approximate surface area is 210 Å². The SMILES string of the molecule is OC(Nc1n[nH]c2cc(OCCOCc3ccccc3)ccc12)c1ccc(NC2CCOCC2)cc1. The molecule has 8 heteroatoms. The van der Waals surface area contributed by atoms with E-state index in [2.05, 4.69) is 20.8 Å². The largest absolute Gasteiger partial charge is 0.491 e. The zero-order valence-corrected chi connectivity index (χ0v) is 20.2. The lowest BCUT2D eigenvalue weighted by Gasteiger charge is -2.24. The molecule has 0 spiro atoms. The van der Waals surface area contributed by atoms with Gasteiger partial charge < -0.3 is 30.0 Å². The van der Waals surface area contributed by atoms with Gasteiger partial charge in [-0.3, -0.25) is 5.10 Å². The van der Waals surface area contributed by atoms with Crippen molar-refractivity contribution in [1.82, 2.24) is 10.2 Å². The molecular formula is C28H32N4O4. The van der Waals surface area contributed by atoms with Gasteiger partial charge >= 0.3 is 0 Å². The minimum atomic E-state index is -0.883. The number of aliphatic hydroxyl groups is 1. The Morgan fingerprint density at radius 2 is 1.81 bits per heavy atom. The number of nitrogens with zero attached hydrogens (tertiary/aromatic N) is 1. The fourth-order valence-electron chi connectivity index (χ4n) is 4.23. The summed E-state index contributed by atoms with van der Waals surface area (Å²) in [5.74, 6) is 1.31. The second-order valence-electron chi connectivity index (χ2n) is 8.87. The van der Waals surface area contributed by atoms with Gasteiger partial charge in [0.05, 0.1) is 18.7 Å². The molecule has 0 aliphatic carbocycles. The summed E-state index contributed by atoms with van der Waals surface area (Å²) in [5.41, 5.74) is 3.77. The van der Waals surface area contributed by atoms with Crippen molar-refractivity contribution < 1.29 is 19.3 Å². The molecule has 0 amide bonds. The third kappa shape index (κ3) is 6.34. The lowest BCUT2D eigenvalue weighted by Crippen LogP contribution is -2.27. The Morgan fingerprint density at radius 1 is 1.00 bits per heavy atom. The number of hydrogen-bond acceptors (Lipinski definition) is 7. The number of aromatic nitrogens is 2. The van der Waals surface area contributed by atoms with Crippen LogP contribution in [0.1, 0.15) is 30.2 Å². The Morgan fingerprint density at radius 3 is 2.61 bits per heavy atom. The molecule has 1 unspecified atom stereocenters. The number of aromatic amines is 1. The number of H-pyrrole nitrogens is 1. The van der Waals surface area contributed by atoms with E-state index in [0.717, 1.165) is 59.5 Å². The molecule has 4 aromatic rings. The van der Waals surface area contributed by atoms with Gasteiger partial charge in [0.15, 0.2) is 12.0 Å². The molecule has 1 aliphatic rings. The Bertz CT molecular complexity index is 1220. The van der Waals surface area contributed by atoms with Gasteiger partial charge in [0.2, 0.25) is 0 Å². The molecule has 0 radical (unpaired) electrons. The maximum absolute atomic E-state index is 10.7. The highest BCUT2D eigenvalue weighted by molar-refractivity contribution is 5.90. The van der Waals surface area contributed by atoms with Crippen LogP contribution < -0.4 is 15.4 Å². The van der Waals surface area contributed by atoms with Crippen molar-refractivity contribution in [3.05, 3.63) is 83.9 Å². The van der Waals surface area contributed by atoms with Crippen LogP contribution in [0.15, 0.2) is 72.8 Å². The van der Waals surface area contributed by atoms with Crippen LogP contribution >= 0.6 is 0 Å². The first kappa shape index (κ1) is 24.1. The first-order valence-corrected chi connectivity index (χ1v) is 12.4. The Hall–Kier alpha value is -3.59. The van der Waals surface area contributed by atoms with E-state index in [9.17, 15) is 5.11 Å². The molecule has 1 atom stereocenters. The molecule has 5 rings (SSSR count). The number of hydrogen-bond donors (Lipinski definition) is 4. The number of aliphatic hydroxyl groups excluding tert-OH is 1. The van der Waals surface area contributed by atoms with E-state index in [1.54, 1.807) is 0 Å². The highest BCUT2D eigenvalue weighted by Crippen LogP contribution is 2.27. The van der Waals surface area contributed by atoms with Crippen molar-refractivity contribution in [2.75, 3.05) is 37.1 Å². The molecule has 1 fully saturated rings. The van der Waals surface area contributed by atoms with E-state index in [1.807, 2.05) is 72.8 Å².